The molecular weight excluding hydrogens is 180 g/mol. The summed E-state index contributed by atoms with van der Waals surface area (Å²) in [4.78, 5) is 4.06. The predicted molar refractivity (Wildman–Crippen MR) is 38.2 cm³/mol. The summed E-state index contributed by atoms with van der Waals surface area (Å²) in [5, 5.41) is 0. The second kappa shape index (κ2) is 1.84. The molecule has 0 spiro atoms. The molecule has 0 bridgehead atoms. The van der Waals surface area contributed by atoms with Gasteiger partial charge in [0.1, 0.15) is 4.60 Å². The highest BCUT2D eigenvalue weighted by atomic mass is 79.9. The summed E-state index contributed by atoms with van der Waals surface area (Å²) in [5.74, 6) is 0. The van der Waals surface area contributed by atoms with E-state index in [-0.39, 0.29) is 0 Å². The monoisotopic (exact) mass is 186 g/mol. The summed E-state index contributed by atoms with van der Waals surface area (Å²) in [6.45, 7) is 0. The van der Waals surface area contributed by atoms with Crippen molar-refractivity contribution in [2.45, 2.75) is 18.9 Å². The van der Waals surface area contributed by atoms with Crippen LogP contribution in [0.3, 0.4) is 0 Å². The first-order valence-corrected chi connectivity index (χ1v) is 3.84. The number of rotatable bonds is 1. The second-order valence-corrected chi connectivity index (χ2v) is 3.19. The quantitative estimate of drug-likeness (QED) is 0.657. The molecule has 48 valence electrons. The molecule has 0 saturated heterocycles. The molecule has 0 radical (unpaired) electrons. The van der Waals surface area contributed by atoms with Crippen LogP contribution in [-0.4, -0.2) is 9.55 Å². The van der Waals surface area contributed by atoms with E-state index in [2.05, 4.69) is 25.5 Å². The number of halogens is 1. The minimum atomic E-state index is 0.754. The molecule has 1 aliphatic carbocycles. The predicted octanol–water partition coefficient (Wildman–Crippen LogP) is 1.98. The fraction of sp³-hybridized carbons (Fsp3) is 0.500. The van der Waals surface area contributed by atoms with E-state index in [4.69, 9.17) is 0 Å². The normalized spacial score (nSPS) is 18.3. The highest BCUT2D eigenvalue weighted by Crippen LogP contribution is 2.34. The zero-order valence-corrected chi connectivity index (χ0v) is 6.50. The van der Waals surface area contributed by atoms with Crippen LogP contribution < -0.4 is 0 Å². The summed E-state index contributed by atoms with van der Waals surface area (Å²) < 4.78 is 3.10. The van der Waals surface area contributed by atoms with E-state index in [1.807, 2.05) is 12.5 Å². The maximum absolute atomic E-state index is 4.06. The first kappa shape index (κ1) is 5.47. The summed E-state index contributed by atoms with van der Waals surface area (Å²) >= 11 is 3.30. The van der Waals surface area contributed by atoms with Crippen molar-refractivity contribution in [3.05, 3.63) is 17.1 Å². The summed E-state index contributed by atoms with van der Waals surface area (Å²) in [7, 11) is 0. The van der Waals surface area contributed by atoms with Gasteiger partial charge in [0.25, 0.3) is 0 Å². The Morgan fingerprint density at radius 3 is 2.89 bits per heavy atom. The Morgan fingerprint density at radius 2 is 2.44 bits per heavy atom. The number of nitrogens with zero attached hydrogens (tertiary/aromatic N) is 2. The van der Waals surface area contributed by atoms with Gasteiger partial charge in [-0.15, -0.1) is 0 Å². The molecule has 1 aromatic rings. The molecule has 0 atom stereocenters. The van der Waals surface area contributed by atoms with Gasteiger partial charge >= 0.3 is 0 Å². The van der Waals surface area contributed by atoms with Crippen molar-refractivity contribution in [3.63, 3.8) is 0 Å². The Labute approximate surface area is 62.0 Å². The third kappa shape index (κ3) is 1.01. The molecule has 2 rings (SSSR count). The lowest BCUT2D eigenvalue weighted by Gasteiger charge is -1.91. The lowest BCUT2D eigenvalue weighted by atomic mass is 10.7. The average Bonchev–Trinajstić information content (AvgIpc) is 2.58. The largest absolute Gasteiger partial charge is 0.333 e. The number of aromatic nitrogens is 2. The van der Waals surface area contributed by atoms with Crippen molar-refractivity contribution in [2.24, 2.45) is 0 Å². The van der Waals surface area contributed by atoms with Gasteiger partial charge in [0, 0.05) is 12.2 Å². The minimum absolute atomic E-state index is 0.754. The Hall–Kier alpha value is -0.310. The lowest BCUT2D eigenvalue weighted by Crippen LogP contribution is -1.85. The zero-order chi connectivity index (χ0) is 6.27. The van der Waals surface area contributed by atoms with Gasteiger partial charge in [-0.3, -0.25) is 0 Å². The molecule has 1 aromatic heterocycles. The Balaban J connectivity index is 2.28. The number of hydrogen-bond donors (Lipinski definition) is 0. The highest BCUT2D eigenvalue weighted by Gasteiger charge is 2.22. The van der Waals surface area contributed by atoms with Crippen molar-refractivity contribution < 1.29 is 0 Å². The van der Waals surface area contributed by atoms with Gasteiger partial charge in [-0.05, 0) is 28.8 Å². The van der Waals surface area contributed by atoms with Crippen LogP contribution in [0.2, 0.25) is 0 Å². The Kier molecular flexibility index (Phi) is 1.12. The molecule has 2 nitrogen and oxygen atoms in total. The SMILES string of the molecule is Brc1cn(C2CC2)cn1. The van der Waals surface area contributed by atoms with Gasteiger partial charge in [0.15, 0.2) is 0 Å². The Bertz CT molecular complexity index is 215. The molecule has 3 heteroatoms. The van der Waals surface area contributed by atoms with E-state index in [0.717, 1.165) is 10.6 Å². The van der Waals surface area contributed by atoms with Gasteiger partial charge in [0.05, 0.1) is 6.33 Å². The second-order valence-electron chi connectivity index (χ2n) is 2.37. The number of imidazole rings is 1. The molecule has 0 amide bonds. The first-order chi connectivity index (χ1) is 4.36. The van der Waals surface area contributed by atoms with Gasteiger partial charge < -0.3 is 4.57 Å². The van der Waals surface area contributed by atoms with E-state index in [1.54, 1.807) is 0 Å². The van der Waals surface area contributed by atoms with Crippen LogP contribution in [0.5, 0.6) is 0 Å². The fourth-order valence-electron chi connectivity index (χ4n) is 0.884. The zero-order valence-electron chi connectivity index (χ0n) is 4.92. The maximum atomic E-state index is 4.06. The molecule has 1 fully saturated rings. The molecule has 1 saturated carbocycles. The standard InChI is InChI=1S/C6H7BrN2/c7-6-3-9(4-8-6)5-1-2-5/h3-5H,1-2H2. The van der Waals surface area contributed by atoms with Crippen molar-refractivity contribution in [1.29, 1.82) is 0 Å². The van der Waals surface area contributed by atoms with E-state index in [0.29, 0.717) is 0 Å². The fourth-order valence-corrected chi connectivity index (χ4v) is 1.21. The van der Waals surface area contributed by atoms with E-state index in [1.165, 1.54) is 12.8 Å². The molecule has 0 unspecified atom stereocenters. The molecule has 9 heavy (non-hydrogen) atoms. The topological polar surface area (TPSA) is 17.8 Å². The van der Waals surface area contributed by atoms with E-state index < -0.39 is 0 Å². The molecule has 1 aliphatic rings. The number of hydrogen-bond acceptors (Lipinski definition) is 1. The average molecular weight is 187 g/mol. The van der Waals surface area contributed by atoms with Crippen molar-refractivity contribution in [1.82, 2.24) is 9.55 Å². The summed E-state index contributed by atoms with van der Waals surface area (Å²) in [6, 6.07) is 0.754. The molecule has 0 N–H and O–H groups in total. The third-order valence-electron chi connectivity index (χ3n) is 1.54. The van der Waals surface area contributed by atoms with Crippen molar-refractivity contribution in [2.75, 3.05) is 0 Å². The van der Waals surface area contributed by atoms with Crippen LogP contribution in [0.25, 0.3) is 0 Å². The molecule has 0 aromatic carbocycles. The molecular formula is C6H7BrN2. The molecule has 0 aliphatic heterocycles. The van der Waals surface area contributed by atoms with Crippen LogP contribution in [0.15, 0.2) is 17.1 Å². The Morgan fingerprint density at radius 1 is 1.67 bits per heavy atom. The van der Waals surface area contributed by atoms with Gasteiger partial charge in [-0.2, -0.15) is 0 Å². The summed E-state index contributed by atoms with van der Waals surface area (Å²) in [5.41, 5.74) is 0. The summed E-state index contributed by atoms with van der Waals surface area (Å²) in [6.07, 6.45) is 6.55. The third-order valence-corrected chi connectivity index (χ3v) is 1.95. The van der Waals surface area contributed by atoms with E-state index >= 15 is 0 Å². The smallest absolute Gasteiger partial charge is 0.124 e. The van der Waals surface area contributed by atoms with Crippen LogP contribution in [0.4, 0.5) is 0 Å². The van der Waals surface area contributed by atoms with E-state index in [9.17, 15) is 0 Å². The first-order valence-electron chi connectivity index (χ1n) is 3.05. The van der Waals surface area contributed by atoms with Crippen LogP contribution in [-0.2, 0) is 0 Å². The van der Waals surface area contributed by atoms with Crippen LogP contribution in [0.1, 0.15) is 18.9 Å². The van der Waals surface area contributed by atoms with Crippen molar-refractivity contribution >= 4 is 15.9 Å². The van der Waals surface area contributed by atoms with Gasteiger partial charge in [-0.25, -0.2) is 4.98 Å². The lowest BCUT2D eigenvalue weighted by molar-refractivity contribution is 0.740. The van der Waals surface area contributed by atoms with Crippen LogP contribution >= 0.6 is 15.9 Å². The van der Waals surface area contributed by atoms with Gasteiger partial charge in [0.2, 0.25) is 0 Å². The maximum Gasteiger partial charge on any atom is 0.124 e. The minimum Gasteiger partial charge on any atom is -0.333 e. The van der Waals surface area contributed by atoms with Crippen LogP contribution in [0, 0.1) is 0 Å². The van der Waals surface area contributed by atoms with Crippen molar-refractivity contribution in [3.8, 4) is 0 Å². The van der Waals surface area contributed by atoms with Gasteiger partial charge in [-0.1, -0.05) is 0 Å². The molecule has 1 heterocycles. The highest BCUT2D eigenvalue weighted by molar-refractivity contribution is 9.10.